The van der Waals surface area contributed by atoms with Crippen LogP contribution in [0.4, 0.5) is 4.39 Å². The van der Waals surface area contributed by atoms with Gasteiger partial charge < -0.3 is 10.4 Å². The number of nitrogens with one attached hydrogen (secondary N) is 2. The number of nitrogens with zero attached hydrogens (tertiary/aromatic N) is 1. The molecule has 6 unspecified atom stereocenters. The third kappa shape index (κ3) is 3.20. The highest BCUT2D eigenvalue weighted by Crippen LogP contribution is 2.47. The molecule has 7 nitrogen and oxygen atoms in total. The van der Waals surface area contributed by atoms with Crippen LogP contribution in [0.1, 0.15) is 32.1 Å². The van der Waals surface area contributed by atoms with E-state index >= 15 is 4.39 Å². The minimum Gasteiger partial charge on any atom is -0.391 e. The Balaban J connectivity index is 1.50. The lowest BCUT2D eigenvalue weighted by Gasteiger charge is -2.48. The van der Waals surface area contributed by atoms with Crippen LogP contribution in [0.2, 0.25) is 0 Å². The first-order valence-electron chi connectivity index (χ1n) is 9.20. The monoisotopic (exact) mass is 375 g/mol. The Morgan fingerprint density at radius 1 is 1.20 bits per heavy atom. The van der Waals surface area contributed by atoms with Gasteiger partial charge in [0, 0.05) is 0 Å². The molecule has 0 aromatic carbocycles. The summed E-state index contributed by atoms with van der Waals surface area (Å²) in [5.41, 5.74) is 0. The van der Waals surface area contributed by atoms with Gasteiger partial charge in [-0.1, -0.05) is 6.42 Å². The second-order valence-electron chi connectivity index (χ2n) is 8.18. The molecule has 4 fully saturated rings. The maximum Gasteiger partial charge on any atom is 0.304 e. The van der Waals surface area contributed by atoms with E-state index < -0.39 is 41.0 Å². The number of halogens is 1. The predicted octanol–water partition coefficient (Wildman–Crippen LogP) is -0.224. The Bertz CT molecular complexity index is 641. The molecule has 2 aliphatic carbocycles. The summed E-state index contributed by atoms with van der Waals surface area (Å²) in [6.07, 6.45) is 1.71. The van der Waals surface area contributed by atoms with E-state index in [0.29, 0.717) is 18.3 Å². The summed E-state index contributed by atoms with van der Waals surface area (Å²) < 4.78 is 42.2. The molecule has 25 heavy (non-hydrogen) atoms. The summed E-state index contributed by atoms with van der Waals surface area (Å²) in [5.74, 6) is 0.348. The van der Waals surface area contributed by atoms with Crippen molar-refractivity contribution in [2.45, 2.75) is 50.4 Å². The van der Waals surface area contributed by atoms with Crippen LogP contribution in [0.5, 0.6) is 0 Å². The number of carbonyl (C=O) groups is 1. The maximum absolute atomic E-state index is 15.3. The van der Waals surface area contributed by atoms with Gasteiger partial charge in [-0.2, -0.15) is 12.7 Å². The molecule has 2 aliphatic heterocycles. The van der Waals surface area contributed by atoms with Crippen molar-refractivity contribution in [2.24, 2.45) is 23.7 Å². The lowest BCUT2D eigenvalue weighted by molar-refractivity contribution is -0.120. The van der Waals surface area contributed by atoms with Crippen LogP contribution < -0.4 is 10.0 Å². The molecular weight excluding hydrogens is 349 g/mol. The molecule has 3 N–H and O–H groups in total. The van der Waals surface area contributed by atoms with Crippen molar-refractivity contribution < 1.29 is 22.7 Å². The lowest BCUT2D eigenvalue weighted by Crippen LogP contribution is -2.58. The minimum absolute atomic E-state index is 0.103. The average molecular weight is 375 g/mol. The van der Waals surface area contributed by atoms with Gasteiger partial charge >= 0.3 is 10.2 Å². The molecule has 0 radical (unpaired) electrons. The summed E-state index contributed by atoms with van der Waals surface area (Å²) >= 11 is 0. The number of aliphatic hydroxyl groups excluding tert-OH is 1. The molecule has 4 rings (SSSR count). The van der Waals surface area contributed by atoms with Crippen molar-refractivity contribution in [3.8, 4) is 0 Å². The van der Waals surface area contributed by atoms with Gasteiger partial charge in [0.25, 0.3) is 0 Å². The second kappa shape index (κ2) is 6.44. The van der Waals surface area contributed by atoms with Gasteiger partial charge in [-0.25, -0.2) is 9.11 Å². The fourth-order valence-corrected chi connectivity index (χ4v) is 6.57. The highest BCUT2D eigenvalue weighted by molar-refractivity contribution is 7.88. The first-order valence-corrected chi connectivity index (χ1v) is 10.6. The fraction of sp³-hybridized carbons (Fsp3) is 0.938. The summed E-state index contributed by atoms with van der Waals surface area (Å²) in [6, 6.07) is -1.16. The van der Waals surface area contributed by atoms with Gasteiger partial charge in [-0.3, -0.25) is 4.79 Å². The van der Waals surface area contributed by atoms with Crippen molar-refractivity contribution in [3.05, 3.63) is 0 Å². The Morgan fingerprint density at radius 2 is 1.96 bits per heavy atom. The molecule has 0 aromatic heterocycles. The molecule has 6 atom stereocenters. The van der Waals surface area contributed by atoms with Gasteiger partial charge in [-0.05, 0) is 62.4 Å². The van der Waals surface area contributed by atoms with Crippen LogP contribution in [0.25, 0.3) is 0 Å². The van der Waals surface area contributed by atoms with Gasteiger partial charge in [0.05, 0.1) is 18.7 Å². The molecule has 0 aromatic rings. The van der Waals surface area contributed by atoms with E-state index in [2.05, 4.69) is 5.32 Å². The Labute approximate surface area is 147 Å². The van der Waals surface area contributed by atoms with Crippen molar-refractivity contribution in [1.29, 1.82) is 0 Å². The summed E-state index contributed by atoms with van der Waals surface area (Å²) in [7, 11) is -4.04. The first-order chi connectivity index (χ1) is 11.8. The van der Waals surface area contributed by atoms with Crippen LogP contribution in [0.15, 0.2) is 0 Å². The molecule has 2 saturated carbocycles. The number of fused-ring (bicyclic) bond motifs is 1. The SMILES string of the molecule is O=C1CN(C2C(O)CC3CCC(CC4CNC4)CC3C2F)S(=O)(=O)N1. The summed E-state index contributed by atoms with van der Waals surface area (Å²) in [4.78, 5) is 11.5. The number of rotatable bonds is 3. The fourth-order valence-electron chi connectivity index (χ4n) is 5.24. The van der Waals surface area contributed by atoms with Crippen molar-refractivity contribution in [3.63, 3.8) is 0 Å². The Kier molecular flexibility index (Phi) is 4.54. The van der Waals surface area contributed by atoms with Crippen molar-refractivity contribution in [2.75, 3.05) is 19.6 Å². The number of hydrogen-bond acceptors (Lipinski definition) is 5. The molecule has 142 valence electrons. The molecule has 2 heterocycles. The molecule has 4 aliphatic rings. The zero-order chi connectivity index (χ0) is 17.8. The normalized spacial score (nSPS) is 44.8. The highest BCUT2D eigenvalue weighted by Gasteiger charge is 2.53. The number of amides is 1. The average Bonchev–Trinajstić information content (AvgIpc) is 2.76. The number of aliphatic hydroxyl groups is 1. The van der Waals surface area contributed by atoms with E-state index in [-0.39, 0.29) is 11.8 Å². The molecule has 0 spiro atoms. The first kappa shape index (κ1) is 17.6. The van der Waals surface area contributed by atoms with Crippen LogP contribution in [0, 0.1) is 23.7 Å². The van der Waals surface area contributed by atoms with E-state index in [9.17, 15) is 18.3 Å². The third-order valence-corrected chi connectivity index (χ3v) is 8.02. The maximum atomic E-state index is 15.3. The van der Waals surface area contributed by atoms with Crippen LogP contribution >= 0.6 is 0 Å². The molecular formula is C16H26FN3O4S. The zero-order valence-corrected chi connectivity index (χ0v) is 14.9. The Morgan fingerprint density at radius 3 is 2.56 bits per heavy atom. The topological polar surface area (TPSA) is 98.7 Å². The standard InChI is InChI=1S/C16H26FN3O4S/c17-15-12-4-9(3-10-6-18-7-10)1-2-11(12)5-13(21)16(15)20-8-14(22)19-25(20,23)24/h9-13,15-16,18,21H,1-8H2,(H,19,22). The van der Waals surface area contributed by atoms with Gasteiger partial charge in [0.15, 0.2) is 0 Å². The van der Waals surface area contributed by atoms with E-state index in [1.807, 2.05) is 4.72 Å². The molecule has 2 saturated heterocycles. The summed E-state index contributed by atoms with van der Waals surface area (Å²) in [6.45, 7) is 1.66. The quantitative estimate of drug-likeness (QED) is 0.633. The van der Waals surface area contributed by atoms with E-state index in [1.54, 1.807) is 0 Å². The minimum atomic E-state index is -4.04. The smallest absolute Gasteiger partial charge is 0.304 e. The highest BCUT2D eigenvalue weighted by atomic mass is 32.2. The zero-order valence-electron chi connectivity index (χ0n) is 14.1. The molecule has 0 bridgehead atoms. The lowest BCUT2D eigenvalue weighted by atomic mass is 9.63. The van der Waals surface area contributed by atoms with E-state index in [1.165, 1.54) is 0 Å². The molecule has 1 amide bonds. The van der Waals surface area contributed by atoms with Gasteiger partial charge in [0.2, 0.25) is 5.91 Å². The van der Waals surface area contributed by atoms with Crippen molar-refractivity contribution >= 4 is 16.1 Å². The molecule has 9 heteroatoms. The second-order valence-corrected chi connectivity index (χ2v) is 9.80. The van der Waals surface area contributed by atoms with Crippen LogP contribution in [0.3, 0.4) is 0 Å². The van der Waals surface area contributed by atoms with Crippen LogP contribution in [-0.2, 0) is 15.0 Å². The third-order valence-electron chi connectivity index (χ3n) is 6.55. The number of hydrogen-bond donors (Lipinski definition) is 3. The predicted molar refractivity (Wildman–Crippen MR) is 88.4 cm³/mol. The van der Waals surface area contributed by atoms with Gasteiger partial charge in [-0.15, -0.1) is 0 Å². The number of carbonyl (C=O) groups excluding carboxylic acids is 1. The largest absolute Gasteiger partial charge is 0.391 e. The summed E-state index contributed by atoms with van der Waals surface area (Å²) in [5, 5.41) is 13.7. The van der Waals surface area contributed by atoms with E-state index in [0.717, 1.165) is 43.1 Å². The van der Waals surface area contributed by atoms with Crippen LogP contribution in [-0.4, -0.2) is 61.7 Å². The Hall–Kier alpha value is -0.770. The van der Waals surface area contributed by atoms with E-state index in [4.69, 9.17) is 0 Å². The van der Waals surface area contributed by atoms with Crippen molar-refractivity contribution in [1.82, 2.24) is 14.3 Å². The van der Waals surface area contributed by atoms with Gasteiger partial charge in [0.1, 0.15) is 6.17 Å². The number of alkyl halides is 1.